The van der Waals surface area contributed by atoms with Crippen molar-refractivity contribution in [2.75, 3.05) is 13.2 Å². The van der Waals surface area contributed by atoms with Crippen molar-refractivity contribution in [1.29, 1.82) is 0 Å². The van der Waals surface area contributed by atoms with Gasteiger partial charge in [-0.3, -0.25) is 0 Å². The number of hydrogen-bond donors (Lipinski definition) is 6. The van der Waals surface area contributed by atoms with E-state index in [-0.39, 0.29) is 6.61 Å². The summed E-state index contributed by atoms with van der Waals surface area (Å²) >= 11 is 0. The van der Waals surface area contributed by atoms with E-state index < -0.39 is 25.1 Å². The molecular formula is C6H16O6. The van der Waals surface area contributed by atoms with Crippen molar-refractivity contribution in [2.45, 2.75) is 25.4 Å². The first-order chi connectivity index (χ1) is 5.45. The standard InChI is InChI=1S/C3H8O4.C3H8O2/c4-1-2(5)3(6)7;1-3(5)2-4/h2-7H,1H2;3-5H,2H2,1H3. The molecule has 0 fully saturated rings. The number of aliphatic hydroxyl groups is 6. The minimum Gasteiger partial charge on any atom is -0.394 e. The van der Waals surface area contributed by atoms with Gasteiger partial charge in [-0.05, 0) is 6.92 Å². The van der Waals surface area contributed by atoms with E-state index in [0.29, 0.717) is 0 Å². The summed E-state index contributed by atoms with van der Waals surface area (Å²) in [6.45, 7) is 0.762. The van der Waals surface area contributed by atoms with E-state index in [4.69, 9.17) is 30.6 Å². The van der Waals surface area contributed by atoms with Crippen LogP contribution >= 0.6 is 0 Å². The zero-order valence-corrected chi connectivity index (χ0v) is 6.83. The Morgan fingerprint density at radius 3 is 1.25 bits per heavy atom. The van der Waals surface area contributed by atoms with Gasteiger partial charge in [0.2, 0.25) is 0 Å². The minimum absolute atomic E-state index is 0.139. The van der Waals surface area contributed by atoms with Crippen LogP contribution in [0.4, 0.5) is 0 Å². The van der Waals surface area contributed by atoms with Crippen LogP contribution in [0.5, 0.6) is 0 Å². The normalized spacial score (nSPS) is 15.0. The van der Waals surface area contributed by atoms with E-state index in [1.807, 2.05) is 0 Å². The fourth-order valence-electron chi connectivity index (χ4n) is 0.0943. The van der Waals surface area contributed by atoms with Gasteiger partial charge in [0.05, 0.1) is 19.3 Å². The van der Waals surface area contributed by atoms with Gasteiger partial charge in [0.25, 0.3) is 0 Å². The molecule has 2 atom stereocenters. The Morgan fingerprint density at radius 2 is 1.25 bits per heavy atom. The maximum Gasteiger partial charge on any atom is 0.180 e. The molecule has 12 heavy (non-hydrogen) atoms. The Hall–Kier alpha value is -0.240. The molecule has 2 unspecified atom stereocenters. The third-order valence-electron chi connectivity index (χ3n) is 0.795. The second-order valence-electron chi connectivity index (χ2n) is 2.20. The summed E-state index contributed by atoms with van der Waals surface area (Å²) in [5, 5.41) is 48.1. The van der Waals surface area contributed by atoms with Crippen molar-refractivity contribution in [1.82, 2.24) is 0 Å². The van der Waals surface area contributed by atoms with Gasteiger partial charge in [-0.25, -0.2) is 0 Å². The van der Waals surface area contributed by atoms with Gasteiger partial charge in [-0.1, -0.05) is 0 Å². The average molecular weight is 184 g/mol. The molecule has 0 radical (unpaired) electrons. The quantitative estimate of drug-likeness (QED) is 0.260. The summed E-state index contributed by atoms with van der Waals surface area (Å²) in [6.07, 6.45) is -3.82. The lowest BCUT2D eigenvalue weighted by Crippen LogP contribution is -2.28. The summed E-state index contributed by atoms with van der Waals surface area (Å²) in [5.41, 5.74) is 0. The van der Waals surface area contributed by atoms with Gasteiger partial charge in [0.15, 0.2) is 6.29 Å². The Labute approximate surface area is 70.3 Å². The van der Waals surface area contributed by atoms with E-state index in [9.17, 15) is 0 Å². The van der Waals surface area contributed by atoms with Crippen LogP contribution < -0.4 is 0 Å². The molecule has 0 aliphatic heterocycles. The van der Waals surface area contributed by atoms with E-state index >= 15 is 0 Å². The highest BCUT2D eigenvalue weighted by molar-refractivity contribution is 4.50. The van der Waals surface area contributed by atoms with Gasteiger partial charge in [0.1, 0.15) is 6.10 Å². The van der Waals surface area contributed by atoms with Gasteiger partial charge >= 0.3 is 0 Å². The van der Waals surface area contributed by atoms with E-state index in [2.05, 4.69) is 0 Å². The topological polar surface area (TPSA) is 121 Å². The smallest absolute Gasteiger partial charge is 0.180 e. The van der Waals surface area contributed by atoms with Crippen molar-refractivity contribution >= 4 is 0 Å². The molecule has 0 spiro atoms. The molecule has 0 heterocycles. The Bertz CT molecular complexity index is 84.1. The third-order valence-corrected chi connectivity index (χ3v) is 0.795. The van der Waals surface area contributed by atoms with Crippen LogP contribution in [0.1, 0.15) is 6.92 Å². The third kappa shape index (κ3) is 12.4. The molecule has 0 aromatic carbocycles. The summed E-state index contributed by atoms with van der Waals surface area (Å²) in [5.74, 6) is 0. The van der Waals surface area contributed by atoms with Crippen molar-refractivity contribution < 1.29 is 30.6 Å². The Kier molecular flexibility index (Phi) is 10.5. The number of hydrogen-bond acceptors (Lipinski definition) is 6. The summed E-state index contributed by atoms with van der Waals surface area (Å²) < 4.78 is 0. The first-order valence-electron chi connectivity index (χ1n) is 3.39. The molecule has 0 amide bonds. The second kappa shape index (κ2) is 8.85. The fourth-order valence-corrected chi connectivity index (χ4v) is 0.0943. The highest BCUT2D eigenvalue weighted by Gasteiger charge is 2.08. The van der Waals surface area contributed by atoms with Crippen LogP contribution in [0.25, 0.3) is 0 Å². The first-order valence-corrected chi connectivity index (χ1v) is 3.39. The zero-order chi connectivity index (χ0) is 10.1. The van der Waals surface area contributed by atoms with Crippen LogP contribution in [-0.4, -0.2) is 62.4 Å². The van der Waals surface area contributed by atoms with Crippen LogP contribution in [0.2, 0.25) is 0 Å². The molecule has 0 aromatic rings. The zero-order valence-electron chi connectivity index (χ0n) is 6.83. The molecule has 0 rings (SSSR count). The highest BCUT2D eigenvalue weighted by Crippen LogP contribution is 1.83. The average Bonchev–Trinajstić information content (AvgIpc) is 2.04. The molecule has 0 saturated heterocycles. The molecule has 6 heteroatoms. The van der Waals surface area contributed by atoms with E-state index in [1.165, 1.54) is 6.92 Å². The fraction of sp³-hybridized carbons (Fsp3) is 1.00. The van der Waals surface area contributed by atoms with Crippen LogP contribution in [0, 0.1) is 0 Å². The largest absolute Gasteiger partial charge is 0.394 e. The van der Waals surface area contributed by atoms with E-state index in [1.54, 1.807) is 0 Å². The molecule has 0 aliphatic rings. The van der Waals surface area contributed by atoms with Crippen molar-refractivity contribution in [3.8, 4) is 0 Å². The number of aliphatic hydroxyl groups excluding tert-OH is 5. The highest BCUT2D eigenvalue weighted by atomic mass is 16.5. The van der Waals surface area contributed by atoms with Gasteiger partial charge < -0.3 is 30.6 Å². The van der Waals surface area contributed by atoms with Crippen LogP contribution in [0.15, 0.2) is 0 Å². The minimum atomic E-state index is -1.83. The number of rotatable bonds is 3. The molecule has 0 aliphatic carbocycles. The monoisotopic (exact) mass is 184 g/mol. The lowest BCUT2D eigenvalue weighted by atomic mass is 10.4. The van der Waals surface area contributed by atoms with Crippen molar-refractivity contribution in [3.05, 3.63) is 0 Å². The Balaban J connectivity index is 0. The van der Waals surface area contributed by atoms with Gasteiger partial charge in [-0.2, -0.15) is 0 Å². The molecule has 0 saturated carbocycles. The first kappa shape index (κ1) is 14.3. The van der Waals surface area contributed by atoms with Gasteiger partial charge in [0, 0.05) is 0 Å². The van der Waals surface area contributed by atoms with E-state index in [0.717, 1.165) is 0 Å². The maximum atomic E-state index is 8.19. The van der Waals surface area contributed by atoms with Crippen molar-refractivity contribution in [3.63, 3.8) is 0 Å². The lowest BCUT2D eigenvalue weighted by molar-refractivity contribution is -0.134. The molecular weight excluding hydrogens is 168 g/mol. The second-order valence-corrected chi connectivity index (χ2v) is 2.20. The molecule has 6 nitrogen and oxygen atoms in total. The maximum absolute atomic E-state index is 8.19. The molecule has 6 N–H and O–H groups in total. The van der Waals surface area contributed by atoms with Crippen LogP contribution in [0.3, 0.4) is 0 Å². The predicted molar refractivity (Wildman–Crippen MR) is 40.1 cm³/mol. The summed E-state index contributed by atoms with van der Waals surface area (Å²) in [6, 6.07) is 0. The van der Waals surface area contributed by atoms with Gasteiger partial charge in [-0.15, -0.1) is 0 Å². The molecule has 0 aromatic heterocycles. The lowest BCUT2D eigenvalue weighted by Gasteiger charge is -2.06. The SMILES string of the molecule is CC(O)CO.OCC(O)C(O)O. The Morgan fingerprint density at radius 1 is 0.917 bits per heavy atom. The van der Waals surface area contributed by atoms with Crippen LogP contribution in [-0.2, 0) is 0 Å². The molecule has 0 bridgehead atoms. The van der Waals surface area contributed by atoms with Crippen molar-refractivity contribution in [2.24, 2.45) is 0 Å². The molecule has 76 valence electrons. The predicted octanol–water partition coefficient (Wildman–Crippen LogP) is -2.99. The summed E-state index contributed by atoms with van der Waals surface area (Å²) in [7, 11) is 0. The summed E-state index contributed by atoms with van der Waals surface area (Å²) in [4.78, 5) is 0.